The van der Waals surface area contributed by atoms with Crippen molar-refractivity contribution in [1.29, 1.82) is 0 Å². The van der Waals surface area contributed by atoms with E-state index in [2.05, 4.69) is 4.72 Å². The number of nitrogens with one attached hydrogen (secondary N) is 1. The van der Waals surface area contributed by atoms with E-state index in [-0.39, 0.29) is 41.5 Å². The Kier molecular flexibility index (Phi) is 7.40. The molecule has 1 atom stereocenters. The van der Waals surface area contributed by atoms with E-state index < -0.39 is 14.9 Å². The molecule has 9 heteroatoms. The maximum Gasteiger partial charge on any atom is 0.270 e. The van der Waals surface area contributed by atoms with Gasteiger partial charge in [-0.2, -0.15) is 0 Å². The van der Waals surface area contributed by atoms with Crippen molar-refractivity contribution >= 4 is 28.1 Å². The zero-order chi connectivity index (χ0) is 16.2. The molecule has 0 amide bonds. The Hall–Kier alpha value is -1.22. The second kappa shape index (κ2) is 8.58. The topological polar surface area (TPSA) is 115 Å². The summed E-state index contributed by atoms with van der Waals surface area (Å²) in [5, 5.41) is 10.8. The lowest BCUT2D eigenvalue weighted by Gasteiger charge is -2.29. The van der Waals surface area contributed by atoms with Crippen LogP contribution in [0.15, 0.2) is 29.2 Å². The standard InChI is InChI=1S/C14H21N3O4S.ClH/c15-10-14(11-5-2-1-3-6-11)16-22(20,21)13-8-4-7-12(9-13)17(18)19;/h4,7-9,11,14,16H,1-3,5-6,10,15H2;1H. The van der Waals surface area contributed by atoms with Gasteiger partial charge in [0, 0.05) is 24.7 Å². The number of non-ortho nitro benzene ring substituents is 1. The zero-order valence-corrected chi connectivity index (χ0v) is 14.3. The highest BCUT2D eigenvalue weighted by molar-refractivity contribution is 7.89. The van der Waals surface area contributed by atoms with Crippen LogP contribution in [0.4, 0.5) is 5.69 Å². The lowest BCUT2D eigenvalue weighted by atomic mass is 9.84. The smallest absolute Gasteiger partial charge is 0.270 e. The van der Waals surface area contributed by atoms with Crippen LogP contribution < -0.4 is 10.5 Å². The average molecular weight is 364 g/mol. The number of benzene rings is 1. The molecule has 1 unspecified atom stereocenters. The first kappa shape index (κ1) is 19.8. The molecule has 1 aromatic rings. The van der Waals surface area contributed by atoms with Crippen LogP contribution in [-0.4, -0.2) is 25.9 Å². The molecule has 0 heterocycles. The molecular weight excluding hydrogens is 342 g/mol. The molecule has 0 bridgehead atoms. The monoisotopic (exact) mass is 363 g/mol. The Bertz CT molecular complexity index is 633. The summed E-state index contributed by atoms with van der Waals surface area (Å²) in [5.41, 5.74) is 5.49. The molecule has 1 aliphatic rings. The van der Waals surface area contributed by atoms with Crippen molar-refractivity contribution in [2.24, 2.45) is 11.7 Å². The normalized spacial score (nSPS) is 17.3. The highest BCUT2D eigenvalue weighted by atomic mass is 35.5. The summed E-state index contributed by atoms with van der Waals surface area (Å²) >= 11 is 0. The molecule has 3 N–H and O–H groups in total. The number of nitro groups is 1. The Labute approximate surface area is 142 Å². The predicted octanol–water partition coefficient (Wildman–Crippen LogP) is 2.20. The number of nitro benzene ring substituents is 1. The van der Waals surface area contributed by atoms with Crippen molar-refractivity contribution in [3.05, 3.63) is 34.4 Å². The fraction of sp³-hybridized carbons (Fsp3) is 0.571. The summed E-state index contributed by atoms with van der Waals surface area (Å²) in [4.78, 5) is 10.1. The minimum absolute atomic E-state index is 0. The van der Waals surface area contributed by atoms with Crippen molar-refractivity contribution < 1.29 is 13.3 Å². The molecule has 0 radical (unpaired) electrons. The van der Waals surface area contributed by atoms with Gasteiger partial charge in [-0.05, 0) is 24.8 Å². The van der Waals surface area contributed by atoms with Crippen LogP contribution in [-0.2, 0) is 10.0 Å². The Morgan fingerprint density at radius 2 is 1.96 bits per heavy atom. The third-order valence-electron chi connectivity index (χ3n) is 4.12. The van der Waals surface area contributed by atoms with E-state index in [0.29, 0.717) is 0 Å². The molecule has 7 nitrogen and oxygen atoms in total. The fourth-order valence-corrected chi connectivity index (χ4v) is 4.26. The first-order chi connectivity index (χ1) is 10.4. The predicted molar refractivity (Wildman–Crippen MR) is 90.1 cm³/mol. The lowest BCUT2D eigenvalue weighted by molar-refractivity contribution is -0.385. The fourth-order valence-electron chi connectivity index (χ4n) is 2.90. The van der Waals surface area contributed by atoms with Crippen LogP contribution in [0.1, 0.15) is 32.1 Å². The SMILES string of the molecule is Cl.NCC(NS(=O)(=O)c1cccc([N+](=O)[O-])c1)C1CCCCC1. The first-order valence-electron chi connectivity index (χ1n) is 7.41. The molecule has 1 saturated carbocycles. The second-order valence-corrected chi connectivity index (χ2v) is 7.33. The second-order valence-electron chi connectivity index (χ2n) is 5.62. The van der Waals surface area contributed by atoms with Gasteiger partial charge in [0.05, 0.1) is 9.82 Å². The zero-order valence-electron chi connectivity index (χ0n) is 12.7. The maximum atomic E-state index is 12.4. The number of hydrogen-bond acceptors (Lipinski definition) is 5. The average Bonchev–Trinajstić information content (AvgIpc) is 2.53. The molecule has 23 heavy (non-hydrogen) atoms. The van der Waals surface area contributed by atoms with Gasteiger partial charge >= 0.3 is 0 Å². The first-order valence-corrected chi connectivity index (χ1v) is 8.89. The largest absolute Gasteiger partial charge is 0.329 e. The summed E-state index contributed by atoms with van der Waals surface area (Å²) in [7, 11) is -3.81. The van der Waals surface area contributed by atoms with Crippen LogP contribution in [0, 0.1) is 16.0 Å². The maximum absolute atomic E-state index is 12.4. The molecule has 130 valence electrons. The van der Waals surface area contributed by atoms with Gasteiger partial charge in [0.1, 0.15) is 0 Å². The van der Waals surface area contributed by atoms with Gasteiger partial charge < -0.3 is 5.73 Å². The van der Waals surface area contributed by atoms with Gasteiger partial charge in [-0.1, -0.05) is 25.3 Å². The minimum Gasteiger partial charge on any atom is -0.329 e. The van der Waals surface area contributed by atoms with Crippen LogP contribution in [0.25, 0.3) is 0 Å². The van der Waals surface area contributed by atoms with Crippen molar-refractivity contribution in [2.75, 3.05) is 6.54 Å². The third kappa shape index (κ3) is 5.13. The van der Waals surface area contributed by atoms with E-state index >= 15 is 0 Å². The van der Waals surface area contributed by atoms with E-state index in [1.165, 1.54) is 24.6 Å². The van der Waals surface area contributed by atoms with E-state index in [1.807, 2.05) is 0 Å². The van der Waals surface area contributed by atoms with Gasteiger partial charge in [-0.15, -0.1) is 12.4 Å². The Balaban J connectivity index is 0.00000264. The van der Waals surface area contributed by atoms with Crippen molar-refractivity contribution in [3.63, 3.8) is 0 Å². The Morgan fingerprint density at radius 1 is 1.30 bits per heavy atom. The van der Waals surface area contributed by atoms with Gasteiger partial charge in [0.25, 0.3) is 5.69 Å². The van der Waals surface area contributed by atoms with E-state index in [9.17, 15) is 18.5 Å². The van der Waals surface area contributed by atoms with Gasteiger partial charge in [0.15, 0.2) is 0 Å². The van der Waals surface area contributed by atoms with Gasteiger partial charge in [-0.25, -0.2) is 13.1 Å². The molecule has 0 spiro atoms. The van der Waals surface area contributed by atoms with E-state index in [4.69, 9.17) is 5.73 Å². The highest BCUT2D eigenvalue weighted by Gasteiger charge is 2.28. The molecule has 0 aliphatic heterocycles. The Morgan fingerprint density at radius 3 is 2.52 bits per heavy atom. The molecule has 2 rings (SSSR count). The van der Waals surface area contributed by atoms with Crippen LogP contribution >= 0.6 is 12.4 Å². The summed E-state index contributed by atoms with van der Waals surface area (Å²) in [6.45, 7) is 0.221. The third-order valence-corrected chi connectivity index (χ3v) is 5.61. The van der Waals surface area contributed by atoms with Gasteiger partial charge in [-0.3, -0.25) is 10.1 Å². The minimum atomic E-state index is -3.81. The molecule has 0 aromatic heterocycles. The molecule has 1 fully saturated rings. The number of nitrogens with two attached hydrogens (primary N) is 1. The molecule has 0 saturated heterocycles. The van der Waals surface area contributed by atoms with Crippen molar-refractivity contribution in [1.82, 2.24) is 4.72 Å². The molecular formula is C14H22ClN3O4S. The van der Waals surface area contributed by atoms with Crippen LogP contribution in [0.3, 0.4) is 0 Å². The number of nitrogens with zero attached hydrogens (tertiary/aromatic N) is 1. The van der Waals surface area contributed by atoms with Crippen LogP contribution in [0.5, 0.6) is 0 Å². The summed E-state index contributed by atoms with van der Waals surface area (Å²) in [6.07, 6.45) is 5.25. The van der Waals surface area contributed by atoms with Gasteiger partial charge in [0.2, 0.25) is 10.0 Å². The number of rotatable bonds is 6. The van der Waals surface area contributed by atoms with Crippen molar-refractivity contribution in [3.8, 4) is 0 Å². The lowest BCUT2D eigenvalue weighted by Crippen LogP contribution is -2.45. The van der Waals surface area contributed by atoms with E-state index in [0.717, 1.165) is 31.7 Å². The van der Waals surface area contributed by atoms with Crippen LogP contribution in [0.2, 0.25) is 0 Å². The quantitative estimate of drug-likeness (QED) is 0.593. The highest BCUT2D eigenvalue weighted by Crippen LogP contribution is 2.27. The molecule has 1 aromatic carbocycles. The molecule has 1 aliphatic carbocycles. The number of hydrogen-bond donors (Lipinski definition) is 2. The number of sulfonamides is 1. The summed E-state index contributed by atoms with van der Waals surface area (Å²) in [6, 6.07) is 4.72. The van der Waals surface area contributed by atoms with Crippen molar-refractivity contribution in [2.45, 2.75) is 43.0 Å². The number of halogens is 1. The summed E-state index contributed by atoms with van der Waals surface area (Å²) in [5.74, 6) is 0.229. The summed E-state index contributed by atoms with van der Waals surface area (Å²) < 4.78 is 27.5. The van der Waals surface area contributed by atoms with E-state index in [1.54, 1.807) is 0 Å².